The molecule has 1 unspecified atom stereocenters. The van der Waals surface area contributed by atoms with E-state index in [2.05, 4.69) is 5.32 Å². The van der Waals surface area contributed by atoms with Crippen LogP contribution >= 0.6 is 0 Å². The number of rotatable bonds is 4. The van der Waals surface area contributed by atoms with Crippen molar-refractivity contribution in [3.8, 4) is 11.5 Å². The van der Waals surface area contributed by atoms with Gasteiger partial charge in [-0.3, -0.25) is 9.59 Å². The van der Waals surface area contributed by atoms with Gasteiger partial charge >= 0.3 is 0 Å². The molecule has 27 heavy (non-hydrogen) atoms. The van der Waals surface area contributed by atoms with Gasteiger partial charge in [0.15, 0.2) is 12.6 Å². The summed E-state index contributed by atoms with van der Waals surface area (Å²) in [6.07, 6.45) is 0.985. The van der Waals surface area contributed by atoms with Gasteiger partial charge < -0.3 is 14.8 Å². The number of aldehydes is 2. The van der Waals surface area contributed by atoms with E-state index in [-0.39, 0.29) is 17.5 Å². The Morgan fingerprint density at radius 1 is 1.00 bits per heavy atom. The van der Waals surface area contributed by atoms with Crippen LogP contribution in [0.3, 0.4) is 0 Å². The first-order chi connectivity index (χ1) is 13.2. The van der Waals surface area contributed by atoms with E-state index >= 15 is 0 Å². The number of nitrogens with one attached hydrogen (secondary N) is 1. The second-order valence-electron chi connectivity index (χ2n) is 6.17. The maximum Gasteiger partial charge on any atom is 0.208 e. The Hall–Kier alpha value is -3.60. The van der Waals surface area contributed by atoms with E-state index in [1.165, 1.54) is 0 Å². The van der Waals surface area contributed by atoms with Crippen LogP contribution < -0.4 is 14.8 Å². The maximum atomic E-state index is 11.3. The first kappa shape index (κ1) is 16.8. The van der Waals surface area contributed by atoms with Crippen molar-refractivity contribution < 1.29 is 19.1 Å². The fourth-order valence-electron chi connectivity index (χ4n) is 3.33. The van der Waals surface area contributed by atoms with Crippen molar-refractivity contribution in [2.45, 2.75) is 6.04 Å². The minimum atomic E-state index is -0.282. The van der Waals surface area contributed by atoms with Gasteiger partial charge in [0, 0.05) is 5.56 Å². The van der Waals surface area contributed by atoms with Gasteiger partial charge in [-0.15, -0.1) is 0 Å². The second kappa shape index (κ2) is 6.96. The van der Waals surface area contributed by atoms with E-state index < -0.39 is 0 Å². The molecule has 1 aliphatic heterocycles. The molecule has 1 heterocycles. The lowest BCUT2D eigenvalue weighted by Crippen LogP contribution is -2.32. The lowest BCUT2D eigenvalue weighted by Gasteiger charge is -2.31. The zero-order valence-electron chi connectivity index (χ0n) is 14.6. The number of carbonyl (C=O) groups is 2. The number of ether oxygens (including phenoxy) is 2. The van der Waals surface area contributed by atoms with Crippen LogP contribution in [0.25, 0.3) is 10.8 Å². The molecule has 1 aliphatic rings. The highest BCUT2D eigenvalue weighted by Gasteiger charge is 2.29. The number of benzene rings is 3. The number of allylic oxidation sites excluding steroid dienone is 1. The van der Waals surface area contributed by atoms with E-state index in [0.29, 0.717) is 18.3 Å². The molecule has 1 N–H and O–H groups in total. The molecule has 0 aliphatic carbocycles. The Morgan fingerprint density at radius 2 is 1.74 bits per heavy atom. The molecule has 0 bridgehead atoms. The summed E-state index contributed by atoms with van der Waals surface area (Å²) < 4.78 is 11.1. The molecule has 3 aromatic rings. The molecule has 4 rings (SSSR count). The van der Waals surface area contributed by atoms with Crippen LogP contribution in [-0.2, 0) is 9.59 Å². The topological polar surface area (TPSA) is 64.6 Å². The molecule has 0 aromatic heterocycles. The standard InChI is InChI=1S/C22H17NO4/c1-26-17-9-6-15(7-10-17)21-20-18-5-3-2-4-14(18)8-11-19(20)27-22(23-21)16(12-24)13-25/h2-13,21,23H,1H3. The maximum absolute atomic E-state index is 11.3. The smallest absolute Gasteiger partial charge is 0.208 e. The highest BCUT2D eigenvalue weighted by Crippen LogP contribution is 2.41. The molecule has 0 saturated carbocycles. The molecule has 0 radical (unpaired) electrons. The molecular weight excluding hydrogens is 342 g/mol. The number of hydrogen-bond donors (Lipinski definition) is 1. The van der Waals surface area contributed by atoms with Crippen LogP contribution in [0.1, 0.15) is 17.2 Å². The van der Waals surface area contributed by atoms with Crippen molar-refractivity contribution in [2.75, 3.05) is 7.11 Å². The number of hydrogen-bond acceptors (Lipinski definition) is 5. The van der Waals surface area contributed by atoms with Crippen LogP contribution in [-0.4, -0.2) is 19.7 Å². The predicted octanol–water partition coefficient (Wildman–Crippen LogP) is 3.53. The number of methoxy groups -OCH3 is 1. The highest BCUT2D eigenvalue weighted by atomic mass is 16.5. The molecule has 5 heteroatoms. The Kier molecular flexibility index (Phi) is 4.34. The van der Waals surface area contributed by atoms with Gasteiger partial charge in [-0.25, -0.2) is 0 Å². The minimum absolute atomic E-state index is 0.0627. The molecule has 0 fully saturated rings. The average Bonchev–Trinajstić information content (AvgIpc) is 2.74. The third kappa shape index (κ3) is 2.93. The quantitative estimate of drug-likeness (QED) is 0.334. The van der Waals surface area contributed by atoms with Gasteiger partial charge in [0.05, 0.1) is 13.2 Å². The molecule has 134 valence electrons. The van der Waals surface area contributed by atoms with Crippen LogP contribution in [0.15, 0.2) is 72.1 Å². The molecule has 5 nitrogen and oxygen atoms in total. The predicted molar refractivity (Wildman–Crippen MR) is 102 cm³/mol. The zero-order chi connectivity index (χ0) is 18.8. The van der Waals surface area contributed by atoms with E-state index in [1.54, 1.807) is 7.11 Å². The normalized spacial score (nSPS) is 15.3. The fraction of sp³-hybridized carbons (Fsp3) is 0.0909. The van der Waals surface area contributed by atoms with Gasteiger partial charge in [-0.2, -0.15) is 0 Å². The van der Waals surface area contributed by atoms with Crippen LogP contribution in [0, 0.1) is 0 Å². The molecule has 3 aromatic carbocycles. The van der Waals surface area contributed by atoms with Gasteiger partial charge in [0.1, 0.15) is 17.1 Å². The summed E-state index contributed by atoms with van der Waals surface area (Å²) in [5.41, 5.74) is 1.86. The van der Waals surface area contributed by atoms with Crippen molar-refractivity contribution in [1.29, 1.82) is 0 Å². The summed E-state index contributed by atoms with van der Waals surface area (Å²) in [4.78, 5) is 22.5. The molecule has 0 amide bonds. The SMILES string of the molecule is COc1ccc(C2NC(=C(C=O)C=O)Oc3ccc4ccccc4c32)cc1. The Balaban J connectivity index is 1.94. The summed E-state index contributed by atoms with van der Waals surface area (Å²) in [7, 11) is 1.62. The molecule has 1 atom stereocenters. The van der Waals surface area contributed by atoms with Gasteiger partial charge in [-0.1, -0.05) is 42.5 Å². The summed E-state index contributed by atoms with van der Waals surface area (Å²) >= 11 is 0. The number of carbonyl (C=O) groups excluding carboxylic acids is 2. The van der Waals surface area contributed by atoms with Crippen molar-refractivity contribution in [1.82, 2.24) is 5.32 Å². The average molecular weight is 359 g/mol. The Morgan fingerprint density at radius 3 is 2.44 bits per heavy atom. The first-order valence-electron chi connectivity index (χ1n) is 8.49. The van der Waals surface area contributed by atoms with Crippen molar-refractivity contribution in [3.05, 3.63) is 83.2 Å². The monoisotopic (exact) mass is 359 g/mol. The second-order valence-corrected chi connectivity index (χ2v) is 6.17. The molecule has 0 saturated heterocycles. The third-order valence-electron chi connectivity index (χ3n) is 4.67. The van der Waals surface area contributed by atoms with Crippen LogP contribution in [0.4, 0.5) is 0 Å². The van der Waals surface area contributed by atoms with E-state index in [9.17, 15) is 9.59 Å². The van der Waals surface area contributed by atoms with Gasteiger partial charge in [0.25, 0.3) is 0 Å². The summed E-state index contributed by atoms with van der Waals surface area (Å²) in [5, 5.41) is 5.34. The lowest BCUT2D eigenvalue weighted by atomic mass is 9.91. The van der Waals surface area contributed by atoms with Gasteiger partial charge in [0.2, 0.25) is 5.88 Å². The summed E-state index contributed by atoms with van der Waals surface area (Å²) in [6, 6.07) is 19.2. The van der Waals surface area contributed by atoms with E-state index in [0.717, 1.165) is 27.6 Å². The molecule has 0 spiro atoms. The largest absolute Gasteiger partial charge is 0.497 e. The Bertz CT molecular complexity index is 1040. The lowest BCUT2D eigenvalue weighted by molar-refractivity contribution is -0.110. The minimum Gasteiger partial charge on any atom is -0.497 e. The van der Waals surface area contributed by atoms with Crippen LogP contribution in [0.5, 0.6) is 11.5 Å². The summed E-state index contributed by atoms with van der Waals surface area (Å²) in [6.45, 7) is 0. The summed E-state index contributed by atoms with van der Waals surface area (Å²) in [5.74, 6) is 1.52. The van der Waals surface area contributed by atoms with E-state index in [1.807, 2.05) is 60.7 Å². The fourth-order valence-corrected chi connectivity index (χ4v) is 3.33. The van der Waals surface area contributed by atoms with Gasteiger partial charge in [-0.05, 0) is 34.5 Å². The van der Waals surface area contributed by atoms with Crippen molar-refractivity contribution in [2.24, 2.45) is 0 Å². The molecular formula is C22H17NO4. The van der Waals surface area contributed by atoms with E-state index in [4.69, 9.17) is 9.47 Å². The zero-order valence-corrected chi connectivity index (χ0v) is 14.6. The van der Waals surface area contributed by atoms with Crippen LogP contribution in [0.2, 0.25) is 0 Å². The highest BCUT2D eigenvalue weighted by molar-refractivity contribution is 6.00. The Labute approximate surface area is 156 Å². The van der Waals surface area contributed by atoms with Crippen molar-refractivity contribution >= 4 is 23.3 Å². The third-order valence-corrected chi connectivity index (χ3v) is 4.67. The first-order valence-corrected chi connectivity index (χ1v) is 8.49. The van der Waals surface area contributed by atoms with Crippen molar-refractivity contribution in [3.63, 3.8) is 0 Å². The number of fused-ring (bicyclic) bond motifs is 3.